The van der Waals surface area contributed by atoms with Crippen LogP contribution in [0.25, 0.3) is 0 Å². The number of rotatable bonds is 6. The van der Waals surface area contributed by atoms with Crippen molar-refractivity contribution in [2.45, 2.75) is 32.7 Å². The first-order valence-electron chi connectivity index (χ1n) is 5.49. The van der Waals surface area contributed by atoms with Gasteiger partial charge in [-0.3, -0.25) is 4.99 Å². The number of hydrogen-bond donors (Lipinski definition) is 2. The molecule has 0 aromatic heterocycles. The Hall–Kier alpha value is 0.350. The molecule has 0 saturated carbocycles. The highest BCUT2D eigenvalue weighted by Gasteiger charge is 2.15. The second-order valence-electron chi connectivity index (χ2n) is 3.44. The molecule has 0 aliphatic carbocycles. The Labute approximate surface area is 114 Å². The minimum Gasteiger partial charge on any atom is -0.356 e. The summed E-state index contributed by atoms with van der Waals surface area (Å²) in [7, 11) is 0. The summed E-state index contributed by atoms with van der Waals surface area (Å²) in [6.45, 7) is 6.36. The molecule has 1 rings (SSSR count). The summed E-state index contributed by atoms with van der Waals surface area (Å²) in [4.78, 5) is 4.42. The van der Waals surface area contributed by atoms with Gasteiger partial charge in [-0.25, -0.2) is 0 Å². The van der Waals surface area contributed by atoms with Crippen molar-refractivity contribution in [2.24, 2.45) is 4.99 Å². The van der Waals surface area contributed by atoms with E-state index in [0.29, 0.717) is 6.04 Å². The van der Waals surface area contributed by atoms with Gasteiger partial charge in [-0.1, -0.05) is 20.3 Å². The summed E-state index contributed by atoms with van der Waals surface area (Å²) < 4.78 is 0. The maximum Gasteiger partial charge on any atom is 0.191 e. The van der Waals surface area contributed by atoms with Crippen LogP contribution in [0.15, 0.2) is 4.99 Å². The minimum atomic E-state index is 0. The summed E-state index contributed by atoms with van der Waals surface area (Å²) in [6, 6.07) is 0.571. The highest BCUT2D eigenvalue weighted by molar-refractivity contribution is 14.0. The average Bonchev–Trinajstić information content (AvgIpc) is 2.61. The first-order chi connectivity index (χ1) is 6.86. The molecule has 1 unspecified atom stereocenters. The van der Waals surface area contributed by atoms with Gasteiger partial charge in [0, 0.05) is 18.3 Å². The van der Waals surface area contributed by atoms with E-state index in [9.17, 15) is 0 Å². The van der Waals surface area contributed by atoms with Crippen molar-refractivity contribution in [1.82, 2.24) is 10.6 Å². The van der Waals surface area contributed by atoms with Gasteiger partial charge in [0.05, 0.1) is 6.54 Å². The monoisotopic (exact) mass is 343 g/mol. The topological polar surface area (TPSA) is 36.4 Å². The third-order valence-corrected chi connectivity index (χ3v) is 3.09. The predicted molar refractivity (Wildman–Crippen MR) is 80.6 cm³/mol. The maximum absolute atomic E-state index is 4.42. The van der Waals surface area contributed by atoms with Crippen LogP contribution in [0.3, 0.4) is 0 Å². The van der Waals surface area contributed by atoms with Crippen molar-refractivity contribution >= 4 is 41.7 Å². The van der Waals surface area contributed by atoms with Crippen LogP contribution in [0.5, 0.6) is 0 Å². The lowest BCUT2D eigenvalue weighted by atomic mass is 10.2. The first kappa shape index (κ1) is 15.3. The van der Waals surface area contributed by atoms with Gasteiger partial charge in [-0.2, -0.15) is 11.8 Å². The lowest BCUT2D eigenvalue weighted by Crippen LogP contribution is -2.39. The second kappa shape index (κ2) is 9.57. The van der Waals surface area contributed by atoms with E-state index in [-0.39, 0.29) is 24.0 Å². The molecule has 15 heavy (non-hydrogen) atoms. The molecule has 0 fully saturated rings. The van der Waals surface area contributed by atoms with E-state index in [0.717, 1.165) is 24.8 Å². The quantitative estimate of drug-likeness (QED) is 0.573. The van der Waals surface area contributed by atoms with Gasteiger partial charge >= 0.3 is 0 Å². The van der Waals surface area contributed by atoms with E-state index in [4.69, 9.17) is 0 Å². The highest BCUT2D eigenvalue weighted by Crippen LogP contribution is 2.02. The van der Waals surface area contributed by atoms with Gasteiger partial charge in [-0.15, -0.1) is 24.0 Å². The third kappa shape index (κ3) is 6.50. The molecule has 0 bridgehead atoms. The van der Waals surface area contributed by atoms with Crippen molar-refractivity contribution < 1.29 is 0 Å². The molecule has 90 valence electrons. The van der Waals surface area contributed by atoms with Crippen LogP contribution in [-0.2, 0) is 0 Å². The minimum absolute atomic E-state index is 0. The molecule has 0 radical (unpaired) electrons. The predicted octanol–water partition coefficient (Wildman–Crippen LogP) is 2.07. The SMILES string of the molecule is CCCC1CN=C(NCCSCC)N1.I. The van der Waals surface area contributed by atoms with Crippen molar-refractivity contribution in [1.29, 1.82) is 0 Å². The van der Waals surface area contributed by atoms with Crippen molar-refractivity contribution in [3.63, 3.8) is 0 Å². The number of hydrogen-bond acceptors (Lipinski definition) is 4. The van der Waals surface area contributed by atoms with Crippen molar-refractivity contribution in [2.75, 3.05) is 24.6 Å². The van der Waals surface area contributed by atoms with Crippen LogP contribution in [0.4, 0.5) is 0 Å². The Kier molecular flexibility index (Phi) is 9.79. The van der Waals surface area contributed by atoms with Gasteiger partial charge < -0.3 is 10.6 Å². The molecule has 1 aliphatic rings. The van der Waals surface area contributed by atoms with E-state index in [1.807, 2.05) is 11.8 Å². The molecular formula is C10H22IN3S. The first-order valence-corrected chi connectivity index (χ1v) is 6.64. The fourth-order valence-electron chi connectivity index (χ4n) is 1.49. The number of nitrogens with zero attached hydrogens (tertiary/aromatic N) is 1. The lowest BCUT2D eigenvalue weighted by molar-refractivity contribution is 0.588. The van der Waals surface area contributed by atoms with Crippen LogP contribution in [0, 0.1) is 0 Å². The van der Waals surface area contributed by atoms with E-state index >= 15 is 0 Å². The molecule has 0 amide bonds. The molecule has 0 aromatic rings. The van der Waals surface area contributed by atoms with E-state index in [1.165, 1.54) is 18.6 Å². The lowest BCUT2D eigenvalue weighted by Gasteiger charge is -2.11. The standard InChI is InChI=1S/C10H21N3S.HI/c1-3-5-9-8-12-10(13-9)11-6-7-14-4-2;/h9H,3-8H2,1-2H3,(H2,11,12,13);1H. The number of guanidine groups is 1. The van der Waals surface area contributed by atoms with Gasteiger partial charge in [0.1, 0.15) is 0 Å². The normalized spacial score (nSPS) is 19.1. The Bertz CT molecular complexity index is 188. The molecule has 1 aliphatic heterocycles. The van der Waals surface area contributed by atoms with Gasteiger partial charge in [0.2, 0.25) is 0 Å². The number of aliphatic imine (C=N–C) groups is 1. The van der Waals surface area contributed by atoms with E-state index in [2.05, 4.69) is 29.5 Å². The van der Waals surface area contributed by atoms with Gasteiger partial charge in [-0.05, 0) is 12.2 Å². The highest BCUT2D eigenvalue weighted by atomic mass is 127. The van der Waals surface area contributed by atoms with Crippen LogP contribution in [0.1, 0.15) is 26.7 Å². The summed E-state index contributed by atoms with van der Waals surface area (Å²) in [5.74, 6) is 3.36. The summed E-state index contributed by atoms with van der Waals surface area (Å²) in [5, 5.41) is 6.72. The molecule has 0 spiro atoms. The van der Waals surface area contributed by atoms with E-state index < -0.39 is 0 Å². The molecule has 0 aromatic carbocycles. The average molecular weight is 343 g/mol. The fraction of sp³-hybridized carbons (Fsp3) is 0.900. The molecule has 1 heterocycles. The summed E-state index contributed by atoms with van der Waals surface area (Å²) in [6.07, 6.45) is 2.45. The maximum atomic E-state index is 4.42. The van der Waals surface area contributed by atoms with Crippen molar-refractivity contribution in [3.8, 4) is 0 Å². The zero-order valence-electron chi connectivity index (χ0n) is 9.58. The van der Waals surface area contributed by atoms with Gasteiger partial charge in [0.15, 0.2) is 5.96 Å². The fourth-order valence-corrected chi connectivity index (χ4v) is 2.03. The Morgan fingerprint density at radius 1 is 1.53 bits per heavy atom. The zero-order valence-corrected chi connectivity index (χ0v) is 12.7. The van der Waals surface area contributed by atoms with Crippen LogP contribution in [-0.4, -0.2) is 36.6 Å². The molecule has 0 saturated heterocycles. The summed E-state index contributed by atoms with van der Waals surface area (Å²) in [5.41, 5.74) is 0. The molecule has 1 atom stereocenters. The Balaban J connectivity index is 0.00000196. The zero-order chi connectivity index (χ0) is 10.2. The van der Waals surface area contributed by atoms with Crippen LogP contribution >= 0.6 is 35.7 Å². The van der Waals surface area contributed by atoms with Crippen molar-refractivity contribution in [3.05, 3.63) is 0 Å². The molecule has 3 nitrogen and oxygen atoms in total. The molecular weight excluding hydrogens is 321 g/mol. The van der Waals surface area contributed by atoms with Crippen LogP contribution in [0.2, 0.25) is 0 Å². The van der Waals surface area contributed by atoms with Crippen LogP contribution < -0.4 is 10.6 Å². The second-order valence-corrected chi connectivity index (χ2v) is 4.84. The Morgan fingerprint density at radius 2 is 2.33 bits per heavy atom. The number of halogens is 1. The molecule has 5 heteroatoms. The smallest absolute Gasteiger partial charge is 0.191 e. The van der Waals surface area contributed by atoms with E-state index in [1.54, 1.807) is 0 Å². The molecule has 2 N–H and O–H groups in total. The van der Waals surface area contributed by atoms with Gasteiger partial charge in [0.25, 0.3) is 0 Å². The largest absolute Gasteiger partial charge is 0.356 e. The summed E-state index contributed by atoms with van der Waals surface area (Å²) >= 11 is 1.96. The number of nitrogens with one attached hydrogen (secondary N) is 2. The Morgan fingerprint density at radius 3 is 3.00 bits per heavy atom. The number of thioether (sulfide) groups is 1. The third-order valence-electron chi connectivity index (χ3n) is 2.19.